The van der Waals surface area contributed by atoms with E-state index in [0.29, 0.717) is 17.1 Å². The Kier molecular flexibility index (Phi) is 7.09. The monoisotopic (exact) mass is 427 g/mol. The molecule has 1 heterocycles. The molecular formula is C22H25N3O6. The van der Waals surface area contributed by atoms with E-state index in [-0.39, 0.29) is 19.6 Å². The molecule has 164 valence electrons. The first-order valence-corrected chi connectivity index (χ1v) is 9.74. The van der Waals surface area contributed by atoms with Gasteiger partial charge in [0.2, 0.25) is 5.91 Å². The molecule has 9 nitrogen and oxygen atoms in total. The molecule has 0 aliphatic carbocycles. The van der Waals surface area contributed by atoms with Crippen molar-refractivity contribution in [3.63, 3.8) is 0 Å². The lowest BCUT2D eigenvalue weighted by atomic mass is 10.1. The first-order valence-electron chi connectivity index (χ1n) is 9.74. The molecule has 3 N–H and O–H groups in total. The lowest BCUT2D eigenvalue weighted by Crippen LogP contribution is -2.38. The Morgan fingerprint density at radius 3 is 2.48 bits per heavy atom. The number of hydrogen-bond acceptors (Lipinski definition) is 6. The van der Waals surface area contributed by atoms with Crippen LogP contribution in [-0.2, 0) is 16.1 Å². The van der Waals surface area contributed by atoms with Gasteiger partial charge in [-0.2, -0.15) is 0 Å². The average Bonchev–Trinajstić information content (AvgIpc) is 3.05. The summed E-state index contributed by atoms with van der Waals surface area (Å²) in [7, 11) is 3.02. The number of imide groups is 1. The summed E-state index contributed by atoms with van der Waals surface area (Å²) in [6.45, 7) is -0.251. The van der Waals surface area contributed by atoms with Gasteiger partial charge in [-0.1, -0.05) is 36.4 Å². The minimum atomic E-state index is -0.970. The fourth-order valence-corrected chi connectivity index (χ4v) is 3.38. The third-order valence-corrected chi connectivity index (χ3v) is 5.00. The molecule has 1 aliphatic heterocycles. The molecule has 2 atom stereocenters. The number of carbonyl (C=O) groups excluding carboxylic acids is 3. The van der Waals surface area contributed by atoms with Crippen molar-refractivity contribution in [2.75, 3.05) is 20.8 Å². The van der Waals surface area contributed by atoms with Crippen LogP contribution in [0.5, 0.6) is 11.5 Å². The summed E-state index contributed by atoms with van der Waals surface area (Å²) in [6.07, 6.45) is -0.226. The number of rotatable bonds is 9. The van der Waals surface area contributed by atoms with E-state index in [9.17, 15) is 19.5 Å². The van der Waals surface area contributed by atoms with Gasteiger partial charge in [0, 0.05) is 0 Å². The highest BCUT2D eigenvalue weighted by Crippen LogP contribution is 2.28. The van der Waals surface area contributed by atoms with Crippen molar-refractivity contribution in [1.29, 1.82) is 0 Å². The molecule has 1 aliphatic rings. The Balaban J connectivity index is 1.63. The predicted octanol–water partition coefficient (Wildman–Crippen LogP) is 1.36. The average molecular weight is 427 g/mol. The summed E-state index contributed by atoms with van der Waals surface area (Å²) in [5, 5.41) is 14.8. The highest BCUT2D eigenvalue weighted by atomic mass is 16.5. The third kappa shape index (κ3) is 5.13. The minimum Gasteiger partial charge on any atom is -0.493 e. The highest BCUT2D eigenvalue weighted by molar-refractivity contribution is 6.05. The molecule has 0 radical (unpaired) electrons. The van der Waals surface area contributed by atoms with Gasteiger partial charge in [0.15, 0.2) is 11.5 Å². The smallest absolute Gasteiger partial charge is 0.325 e. The van der Waals surface area contributed by atoms with Crippen molar-refractivity contribution in [1.82, 2.24) is 15.5 Å². The number of benzene rings is 2. The van der Waals surface area contributed by atoms with Crippen molar-refractivity contribution in [2.45, 2.75) is 25.0 Å². The summed E-state index contributed by atoms with van der Waals surface area (Å²) in [6, 6.07) is 12.0. The first kappa shape index (κ1) is 22.1. The van der Waals surface area contributed by atoms with Crippen molar-refractivity contribution in [3.05, 3.63) is 59.7 Å². The number of amides is 4. The van der Waals surface area contributed by atoms with Crippen molar-refractivity contribution in [3.8, 4) is 11.5 Å². The third-order valence-electron chi connectivity index (χ3n) is 5.00. The van der Waals surface area contributed by atoms with Crippen LogP contribution in [0.1, 0.15) is 23.6 Å². The van der Waals surface area contributed by atoms with Gasteiger partial charge < -0.3 is 25.2 Å². The zero-order valence-electron chi connectivity index (χ0n) is 17.3. The number of urea groups is 1. The molecule has 9 heteroatoms. The quantitative estimate of drug-likeness (QED) is 0.521. The van der Waals surface area contributed by atoms with E-state index in [1.807, 2.05) is 6.07 Å². The Bertz CT molecular complexity index is 950. The molecule has 31 heavy (non-hydrogen) atoms. The number of hydrogen-bond donors (Lipinski definition) is 3. The van der Waals surface area contributed by atoms with Crippen LogP contribution in [0.3, 0.4) is 0 Å². The lowest BCUT2D eigenvalue weighted by molar-refractivity contribution is -0.131. The summed E-state index contributed by atoms with van der Waals surface area (Å²) in [4.78, 5) is 38.5. The van der Waals surface area contributed by atoms with E-state index in [0.717, 1.165) is 10.5 Å². The molecule has 2 aromatic carbocycles. The van der Waals surface area contributed by atoms with Crippen molar-refractivity contribution >= 4 is 17.8 Å². The van der Waals surface area contributed by atoms with Gasteiger partial charge in [0.05, 0.1) is 39.8 Å². The fourth-order valence-electron chi connectivity index (χ4n) is 3.38. The lowest BCUT2D eigenvalue weighted by Gasteiger charge is -2.18. The van der Waals surface area contributed by atoms with Crippen LogP contribution >= 0.6 is 0 Å². The molecule has 3 rings (SSSR count). The van der Waals surface area contributed by atoms with E-state index < -0.39 is 29.9 Å². The molecule has 2 unspecified atom stereocenters. The molecule has 1 saturated heterocycles. The number of aliphatic hydroxyl groups is 1. The van der Waals surface area contributed by atoms with Crippen LogP contribution in [0.2, 0.25) is 0 Å². The van der Waals surface area contributed by atoms with Gasteiger partial charge in [-0.05, 0) is 23.3 Å². The molecule has 0 saturated carbocycles. The second kappa shape index (κ2) is 9.94. The maximum Gasteiger partial charge on any atom is 0.325 e. The molecule has 1 fully saturated rings. The largest absolute Gasteiger partial charge is 0.493 e. The van der Waals surface area contributed by atoms with E-state index in [2.05, 4.69) is 10.6 Å². The summed E-state index contributed by atoms with van der Waals surface area (Å²) in [5.41, 5.74) is 1.42. The second-order valence-corrected chi connectivity index (χ2v) is 7.03. The number of aliphatic hydroxyl groups excluding tert-OH is 1. The zero-order chi connectivity index (χ0) is 22.4. The molecule has 0 bridgehead atoms. The van der Waals surface area contributed by atoms with E-state index in [1.54, 1.807) is 42.5 Å². The normalized spacial score (nSPS) is 16.6. The topological polar surface area (TPSA) is 117 Å². The van der Waals surface area contributed by atoms with Crippen LogP contribution in [0.15, 0.2) is 48.5 Å². The van der Waals surface area contributed by atoms with Gasteiger partial charge in [-0.15, -0.1) is 0 Å². The van der Waals surface area contributed by atoms with Crippen LogP contribution < -0.4 is 20.1 Å². The van der Waals surface area contributed by atoms with Crippen LogP contribution in [0.4, 0.5) is 4.79 Å². The zero-order valence-corrected chi connectivity index (χ0v) is 17.3. The van der Waals surface area contributed by atoms with Crippen LogP contribution in [-0.4, -0.2) is 54.7 Å². The second-order valence-electron chi connectivity index (χ2n) is 7.03. The number of nitrogens with one attached hydrogen (secondary N) is 2. The number of carbonyl (C=O) groups is 3. The predicted molar refractivity (Wildman–Crippen MR) is 111 cm³/mol. The molecule has 0 spiro atoms. The van der Waals surface area contributed by atoms with Gasteiger partial charge in [0.25, 0.3) is 5.91 Å². The van der Waals surface area contributed by atoms with Gasteiger partial charge >= 0.3 is 6.03 Å². The van der Waals surface area contributed by atoms with E-state index >= 15 is 0 Å². The summed E-state index contributed by atoms with van der Waals surface area (Å²) >= 11 is 0. The Morgan fingerprint density at radius 2 is 1.84 bits per heavy atom. The van der Waals surface area contributed by atoms with Gasteiger partial charge in [-0.25, -0.2) is 4.79 Å². The van der Waals surface area contributed by atoms with Crippen molar-refractivity contribution < 1.29 is 29.0 Å². The Hall–Kier alpha value is -3.59. The first-order chi connectivity index (χ1) is 15.0. The SMILES string of the molecule is COc1ccc(CN2C(=O)NC(CC(=O)NC(CO)c3ccccc3)C2=O)cc1OC. The molecule has 2 aromatic rings. The Labute approximate surface area is 179 Å². The van der Waals surface area contributed by atoms with E-state index in [1.165, 1.54) is 14.2 Å². The number of ether oxygens (including phenoxy) is 2. The van der Waals surface area contributed by atoms with Crippen LogP contribution in [0.25, 0.3) is 0 Å². The number of nitrogens with zero attached hydrogens (tertiary/aromatic N) is 1. The summed E-state index contributed by atoms with van der Waals surface area (Å²) < 4.78 is 10.4. The Morgan fingerprint density at radius 1 is 1.13 bits per heavy atom. The summed E-state index contributed by atoms with van der Waals surface area (Å²) in [5.74, 6) is 0.0819. The molecule has 0 aromatic heterocycles. The maximum absolute atomic E-state index is 12.7. The molecular weight excluding hydrogens is 402 g/mol. The molecule has 4 amide bonds. The minimum absolute atomic E-state index is 0.0341. The van der Waals surface area contributed by atoms with Crippen molar-refractivity contribution in [2.24, 2.45) is 0 Å². The fraction of sp³-hybridized carbons (Fsp3) is 0.318. The van der Waals surface area contributed by atoms with Gasteiger partial charge in [-0.3, -0.25) is 14.5 Å². The van der Waals surface area contributed by atoms with Crippen LogP contribution in [0, 0.1) is 0 Å². The van der Waals surface area contributed by atoms with E-state index in [4.69, 9.17) is 9.47 Å². The highest BCUT2D eigenvalue weighted by Gasteiger charge is 2.39. The standard InChI is InChI=1S/C22H25N3O6/c1-30-18-9-8-14(10-19(18)31-2)12-25-21(28)16(24-22(25)29)11-20(27)23-17(13-26)15-6-4-3-5-7-15/h3-10,16-17,26H,11-13H2,1-2H3,(H,23,27)(H,24,29). The number of methoxy groups -OCH3 is 2. The van der Waals surface area contributed by atoms with Gasteiger partial charge in [0.1, 0.15) is 6.04 Å². The maximum atomic E-state index is 12.7.